The van der Waals surface area contributed by atoms with Crippen LogP contribution >= 0.6 is 11.8 Å². The molecule has 1 fully saturated rings. The van der Waals surface area contributed by atoms with Gasteiger partial charge in [0.15, 0.2) is 6.61 Å². The van der Waals surface area contributed by atoms with E-state index in [9.17, 15) is 9.59 Å². The molecular weight excluding hydrogens is 382 g/mol. The lowest BCUT2D eigenvalue weighted by Gasteiger charge is -2.32. The van der Waals surface area contributed by atoms with Crippen molar-refractivity contribution in [3.05, 3.63) is 65.2 Å². The lowest BCUT2D eigenvalue weighted by atomic mass is 9.90. The maximum Gasteiger partial charge on any atom is 0.316 e. The van der Waals surface area contributed by atoms with E-state index < -0.39 is 0 Å². The predicted molar refractivity (Wildman–Crippen MR) is 117 cm³/mol. The number of hydrogen-bond donors (Lipinski definition) is 0. The van der Waals surface area contributed by atoms with Crippen molar-refractivity contribution in [3.63, 3.8) is 0 Å². The second kappa shape index (κ2) is 10.5. The molecule has 1 saturated heterocycles. The van der Waals surface area contributed by atoms with Gasteiger partial charge < -0.3 is 9.64 Å². The van der Waals surface area contributed by atoms with Gasteiger partial charge in [-0.3, -0.25) is 9.59 Å². The normalized spacial score (nSPS) is 14.6. The fourth-order valence-electron chi connectivity index (χ4n) is 3.61. The molecule has 1 amide bonds. The van der Waals surface area contributed by atoms with Gasteiger partial charge >= 0.3 is 5.97 Å². The summed E-state index contributed by atoms with van der Waals surface area (Å²) in [5.74, 6) is 0.394. The Kier molecular flexibility index (Phi) is 7.76. The number of amides is 1. The van der Waals surface area contributed by atoms with Crippen molar-refractivity contribution in [1.29, 1.82) is 0 Å². The van der Waals surface area contributed by atoms with Crippen LogP contribution in [-0.4, -0.2) is 42.2 Å². The summed E-state index contributed by atoms with van der Waals surface area (Å²) >= 11 is 1.46. The molecule has 0 unspecified atom stereocenters. The van der Waals surface area contributed by atoms with E-state index in [0.717, 1.165) is 48.4 Å². The zero-order valence-corrected chi connectivity index (χ0v) is 18.0. The number of carbonyl (C=O) groups excluding carboxylic acids is 2. The van der Waals surface area contributed by atoms with Gasteiger partial charge in [0.25, 0.3) is 5.91 Å². The number of aryl methyl sites for hydroxylation is 2. The minimum absolute atomic E-state index is 0.0896. The van der Waals surface area contributed by atoms with Crippen molar-refractivity contribution in [2.75, 3.05) is 25.4 Å². The molecule has 0 aromatic heterocycles. The minimum Gasteiger partial charge on any atom is -0.455 e. The highest BCUT2D eigenvalue weighted by molar-refractivity contribution is 8.00. The summed E-state index contributed by atoms with van der Waals surface area (Å²) in [6.45, 7) is 5.38. The second-order valence-corrected chi connectivity index (χ2v) is 8.75. The number of nitrogens with zero attached hydrogens (tertiary/aromatic N) is 1. The van der Waals surface area contributed by atoms with E-state index in [2.05, 4.69) is 36.4 Å². The Morgan fingerprint density at radius 2 is 1.79 bits per heavy atom. The highest BCUT2D eigenvalue weighted by Crippen LogP contribution is 2.24. The summed E-state index contributed by atoms with van der Waals surface area (Å²) in [6, 6.07) is 16.7. The third-order valence-corrected chi connectivity index (χ3v) is 6.51. The molecule has 0 spiro atoms. The van der Waals surface area contributed by atoms with Gasteiger partial charge in [-0.15, -0.1) is 11.8 Å². The quantitative estimate of drug-likeness (QED) is 0.500. The molecular formula is C24H29NO3S. The van der Waals surface area contributed by atoms with Crippen molar-refractivity contribution in [3.8, 4) is 0 Å². The molecule has 1 heterocycles. The van der Waals surface area contributed by atoms with Crippen molar-refractivity contribution in [1.82, 2.24) is 4.90 Å². The third-order valence-electron chi connectivity index (χ3n) is 5.38. The van der Waals surface area contributed by atoms with Crippen LogP contribution < -0.4 is 0 Å². The molecule has 2 aromatic carbocycles. The monoisotopic (exact) mass is 411 g/mol. The van der Waals surface area contributed by atoms with Crippen molar-refractivity contribution in [2.24, 2.45) is 5.92 Å². The highest BCUT2D eigenvalue weighted by atomic mass is 32.2. The first-order chi connectivity index (χ1) is 14.0. The number of ether oxygens (including phenoxy) is 1. The topological polar surface area (TPSA) is 46.6 Å². The minimum atomic E-state index is -0.344. The molecule has 5 heteroatoms. The van der Waals surface area contributed by atoms with Crippen LogP contribution in [-0.2, 0) is 20.7 Å². The molecule has 0 radical (unpaired) electrons. The standard InChI is InChI=1S/C24H29NO3S/c1-18-8-9-19(2)22(14-18)29-17-24(27)28-16-23(26)25-12-10-21(11-13-25)15-20-6-4-3-5-7-20/h3-9,14,21H,10-13,15-17H2,1-2H3. The summed E-state index contributed by atoms with van der Waals surface area (Å²) in [4.78, 5) is 27.3. The maximum absolute atomic E-state index is 12.4. The molecule has 0 bridgehead atoms. The van der Waals surface area contributed by atoms with E-state index in [4.69, 9.17) is 4.74 Å². The average molecular weight is 412 g/mol. The number of thioether (sulfide) groups is 1. The number of benzene rings is 2. The van der Waals surface area contributed by atoms with E-state index >= 15 is 0 Å². The first kappa shape index (κ1) is 21.4. The number of likely N-dealkylation sites (tertiary alicyclic amines) is 1. The Labute approximate surface area is 177 Å². The Hall–Kier alpha value is -2.27. The van der Waals surface area contributed by atoms with E-state index in [0.29, 0.717) is 5.92 Å². The van der Waals surface area contributed by atoms with Gasteiger partial charge in [-0.25, -0.2) is 0 Å². The van der Waals surface area contributed by atoms with Crippen LogP contribution in [0.4, 0.5) is 0 Å². The lowest BCUT2D eigenvalue weighted by Crippen LogP contribution is -2.41. The van der Waals surface area contributed by atoms with E-state index in [1.807, 2.05) is 30.9 Å². The number of piperidine rings is 1. The van der Waals surface area contributed by atoms with Gasteiger partial charge in [0, 0.05) is 18.0 Å². The highest BCUT2D eigenvalue weighted by Gasteiger charge is 2.23. The third kappa shape index (κ3) is 6.64. The fourth-order valence-corrected chi connectivity index (χ4v) is 4.53. The van der Waals surface area contributed by atoms with Gasteiger partial charge in [0.2, 0.25) is 0 Å². The lowest BCUT2D eigenvalue weighted by molar-refractivity contribution is -0.150. The number of rotatable bonds is 7. The van der Waals surface area contributed by atoms with Crippen LogP contribution in [0.25, 0.3) is 0 Å². The van der Waals surface area contributed by atoms with Crippen LogP contribution in [0.2, 0.25) is 0 Å². The molecule has 3 rings (SSSR count). The first-order valence-corrected chi connectivity index (χ1v) is 11.2. The molecule has 0 N–H and O–H groups in total. The van der Waals surface area contributed by atoms with Crippen molar-refractivity contribution < 1.29 is 14.3 Å². The van der Waals surface area contributed by atoms with Crippen LogP contribution in [0.1, 0.15) is 29.5 Å². The molecule has 1 aliphatic heterocycles. The van der Waals surface area contributed by atoms with Crippen LogP contribution in [0.3, 0.4) is 0 Å². The molecule has 2 aromatic rings. The van der Waals surface area contributed by atoms with Gasteiger partial charge in [0.05, 0.1) is 5.75 Å². The molecule has 1 aliphatic rings. The zero-order chi connectivity index (χ0) is 20.6. The smallest absolute Gasteiger partial charge is 0.316 e. The van der Waals surface area contributed by atoms with Crippen molar-refractivity contribution in [2.45, 2.75) is 38.0 Å². The predicted octanol–water partition coefficient (Wildman–Crippen LogP) is 4.42. The molecule has 0 saturated carbocycles. The Morgan fingerprint density at radius 3 is 2.52 bits per heavy atom. The average Bonchev–Trinajstić information content (AvgIpc) is 2.74. The van der Waals surface area contributed by atoms with Crippen molar-refractivity contribution >= 4 is 23.6 Å². The molecule has 29 heavy (non-hydrogen) atoms. The Balaban J connectivity index is 1.36. The second-order valence-electron chi connectivity index (χ2n) is 7.73. The van der Waals surface area contributed by atoms with Crippen LogP contribution in [0, 0.1) is 19.8 Å². The van der Waals surface area contributed by atoms with Gasteiger partial charge in [-0.05, 0) is 56.2 Å². The SMILES string of the molecule is Cc1ccc(C)c(SCC(=O)OCC(=O)N2CCC(Cc3ccccc3)CC2)c1. The number of hydrogen-bond acceptors (Lipinski definition) is 4. The summed E-state index contributed by atoms with van der Waals surface area (Å²) in [5, 5.41) is 0. The van der Waals surface area contributed by atoms with E-state index in [1.165, 1.54) is 17.3 Å². The van der Waals surface area contributed by atoms with Gasteiger partial charge in [-0.2, -0.15) is 0 Å². The van der Waals surface area contributed by atoms with Gasteiger partial charge in [-0.1, -0.05) is 48.0 Å². The Morgan fingerprint density at radius 1 is 1.07 bits per heavy atom. The summed E-state index contributed by atoms with van der Waals surface area (Å²) < 4.78 is 5.22. The number of esters is 1. The van der Waals surface area contributed by atoms with E-state index in [-0.39, 0.29) is 24.2 Å². The number of carbonyl (C=O) groups is 2. The fraction of sp³-hybridized carbons (Fsp3) is 0.417. The summed E-state index contributed by atoms with van der Waals surface area (Å²) in [7, 11) is 0. The molecule has 0 atom stereocenters. The maximum atomic E-state index is 12.4. The first-order valence-electron chi connectivity index (χ1n) is 10.2. The zero-order valence-electron chi connectivity index (χ0n) is 17.2. The van der Waals surface area contributed by atoms with Crippen LogP contribution in [0.5, 0.6) is 0 Å². The summed E-state index contributed by atoms with van der Waals surface area (Å²) in [6.07, 6.45) is 3.06. The largest absolute Gasteiger partial charge is 0.455 e. The molecule has 4 nitrogen and oxygen atoms in total. The van der Waals surface area contributed by atoms with E-state index in [1.54, 1.807) is 0 Å². The van der Waals surface area contributed by atoms with Gasteiger partial charge in [0.1, 0.15) is 0 Å². The molecule has 0 aliphatic carbocycles. The molecule has 154 valence electrons. The summed E-state index contributed by atoms with van der Waals surface area (Å²) in [5.41, 5.74) is 3.66. The Bertz CT molecular complexity index is 829. The van der Waals surface area contributed by atoms with Crippen LogP contribution in [0.15, 0.2) is 53.4 Å².